The van der Waals surface area contributed by atoms with E-state index in [2.05, 4.69) is 42.0 Å². The molecule has 1 fully saturated rings. The molecule has 1 saturated heterocycles. The first-order valence-electron chi connectivity index (χ1n) is 7.45. The Kier molecular flexibility index (Phi) is 5.00. The third kappa shape index (κ3) is 4.18. The average molecular weight is 277 g/mol. The number of aromatic nitrogens is 1. The lowest BCUT2D eigenvalue weighted by Crippen LogP contribution is -2.38. The van der Waals surface area contributed by atoms with Gasteiger partial charge in [0.05, 0.1) is 6.10 Å². The van der Waals surface area contributed by atoms with Crippen LogP contribution in [0.5, 0.6) is 0 Å². The summed E-state index contributed by atoms with van der Waals surface area (Å²) in [6, 6.07) is 2.13. The molecule has 0 saturated carbocycles. The number of pyridine rings is 1. The van der Waals surface area contributed by atoms with Crippen LogP contribution in [-0.2, 0) is 11.3 Å². The predicted octanol–water partition coefficient (Wildman–Crippen LogP) is 2.58. The Hall–Kier alpha value is -1.13. The van der Waals surface area contributed by atoms with Gasteiger partial charge in [0.15, 0.2) is 0 Å². The van der Waals surface area contributed by atoms with Gasteiger partial charge in [-0.15, -0.1) is 0 Å². The van der Waals surface area contributed by atoms with Gasteiger partial charge < -0.3 is 15.0 Å². The predicted molar refractivity (Wildman–Crippen MR) is 83.1 cm³/mol. The highest BCUT2D eigenvalue weighted by Gasteiger charge is 2.21. The molecule has 1 aromatic rings. The van der Waals surface area contributed by atoms with Gasteiger partial charge >= 0.3 is 0 Å². The second-order valence-corrected chi connectivity index (χ2v) is 6.53. The van der Waals surface area contributed by atoms with Crippen molar-refractivity contribution in [3.63, 3.8) is 0 Å². The van der Waals surface area contributed by atoms with Gasteiger partial charge in [0, 0.05) is 55.9 Å². The van der Waals surface area contributed by atoms with Crippen LogP contribution >= 0.6 is 0 Å². The van der Waals surface area contributed by atoms with Gasteiger partial charge in [-0.3, -0.25) is 4.98 Å². The van der Waals surface area contributed by atoms with E-state index in [1.807, 2.05) is 19.5 Å². The van der Waals surface area contributed by atoms with Gasteiger partial charge in [-0.25, -0.2) is 0 Å². The number of anilines is 1. The molecular formula is C16H27N3O. The smallest absolute Gasteiger partial charge is 0.0605 e. The Morgan fingerprint density at radius 1 is 1.35 bits per heavy atom. The van der Waals surface area contributed by atoms with Crippen LogP contribution < -0.4 is 10.2 Å². The third-order valence-electron chi connectivity index (χ3n) is 3.80. The van der Waals surface area contributed by atoms with Gasteiger partial charge in [0.1, 0.15) is 0 Å². The molecule has 0 spiro atoms. The van der Waals surface area contributed by atoms with Crippen LogP contribution in [0.15, 0.2) is 18.5 Å². The summed E-state index contributed by atoms with van der Waals surface area (Å²) in [6.45, 7) is 9.54. The lowest BCUT2D eigenvalue weighted by molar-refractivity contribution is 0.0819. The third-order valence-corrected chi connectivity index (χ3v) is 3.80. The molecule has 2 rings (SSSR count). The molecule has 1 aliphatic rings. The minimum atomic E-state index is 0.121. The van der Waals surface area contributed by atoms with E-state index >= 15 is 0 Å². The van der Waals surface area contributed by atoms with E-state index in [0.717, 1.165) is 32.5 Å². The largest absolute Gasteiger partial charge is 0.381 e. The topological polar surface area (TPSA) is 37.4 Å². The fourth-order valence-corrected chi connectivity index (χ4v) is 2.56. The van der Waals surface area contributed by atoms with Gasteiger partial charge in [-0.2, -0.15) is 0 Å². The normalized spacial score (nSPS) is 17.5. The second kappa shape index (κ2) is 6.55. The summed E-state index contributed by atoms with van der Waals surface area (Å²) in [5, 5.41) is 3.55. The number of hydrogen-bond acceptors (Lipinski definition) is 4. The standard InChI is InChI=1S/C16H27N3O/c1-16(2,3)18-12-13-11-17-8-5-15(13)19-9-6-14(20-4)7-10-19/h5,8,11,14,18H,6-7,9-10,12H2,1-4H3. The van der Waals surface area contributed by atoms with E-state index in [9.17, 15) is 0 Å². The molecule has 0 atom stereocenters. The summed E-state index contributed by atoms with van der Waals surface area (Å²) in [5.74, 6) is 0. The van der Waals surface area contributed by atoms with E-state index in [0.29, 0.717) is 6.10 Å². The highest BCUT2D eigenvalue weighted by atomic mass is 16.5. The van der Waals surface area contributed by atoms with E-state index < -0.39 is 0 Å². The van der Waals surface area contributed by atoms with E-state index in [-0.39, 0.29) is 5.54 Å². The Balaban J connectivity index is 2.04. The van der Waals surface area contributed by atoms with Gasteiger partial charge in [-0.05, 0) is 39.7 Å². The van der Waals surface area contributed by atoms with E-state index in [1.54, 1.807) is 0 Å². The number of methoxy groups -OCH3 is 1. The van der Waals surface area contributed by atoms with Crippen molar-refractivity contribution >= 4 is 5.69 Å². The lowest BCUT2D eigenvalue weighted by atomic mass is 10.0. The Bertz CT molecular complexity index is 420. The molecule has 4 nitrogen and oxygen atoms in total. The van der Waals surface area contributed by atoms with E-state index in [4.69, 9.17) is 4.74 Å². The highest BCUT2D eigenvalue weighted by Crippen LogP contribution is 2.24. The number of piperidine rings is 1. The summed E-state index contributed by atoms with van der Waals surface area (Å²) in [4.78, 5) is 6.74. The average Bonchev–Trinajstić information content (AvgIpc) is 2.45. The van der Waals surface area contributed by atoms with Crippen molar-refractivity contribution in [1.82, 2.24) is 10.3 Å². The Morgan fingerprint density at radius 3 is 2.65 bits per heavy atom. The molecule has 1 aliphatic heterocycles. The lowest BCUT2D eigenvalue weighted by Gasteiger charge is -2.34. The minimum Gasteiger partial charge on any atom is -0.381 e. The number of hydrogen-bond donors (Lipinski definition) is 1. The summed E-state index contributed by atoms with van der Waals surface area (Å²) >= 11 is 0. The van der Waals surface area contributed by atoms with Crippen LogP contribution in [0.1, 0.15) is 39.2 Å². The van der Waals surface area contributed by atoms with Gasteiger partial charge in [0.2, 0.25) is 0 Å². The first-order chi connectivity index (χ1) is 9.49. The van der Waals surface area contributed by atoms with Crippen molar-refractivity contribution in [2.45, 2.75) is 51.8 Å². The number of rotatable bonds is 4. The zero-order valence-corrected chi connectivity index (χ0v) is 13.1. The molecule has 0 unspecified atom stereocenters. The summed E-state index contributed by atoms with van der Waals surface area (Å²) in [6.07, 6.45) is 6.49. The van der Waals surface area contributed by atoms with Crippen molar-refractivity contribution in [2.75, 3.05) is 25.1 Å². The summed E-state index contributed by atoms with van der Waals surface area (Å²) in [5.41, 5.74) is 2.71. The monoisotopic (exact) mass is 277 g/mol. The first kappa shape index (κ1) is 15.3. The maximum absolute atomic E-state index is 5.45. The van der Waals surface area contributed by atoms with Crippen LogP contribution in [0.25, 0.3) is 0 Å². The van der Waals surface area contributed by atoms with Crippen LogP contribution in [0.2, 0.25) is 0 Å². The fourth-order valence-electron chi connectivity index (χ4n) is 2.56. The highest BCUT2D eigenvalue weighted by molar-refractivity contribution is 5.52. The molecule has 1 aromatic heterocycles. The molecule has 112 valence electrons. The van der Waals surface area contributed by atoms with Crippen molar-refractivity contribution in [3.05, 3.63) is 24.0 Å². The second-order valence-electron chi connectivity index (χ2n) is 6.53. The Labute approximate surface area is 122 Å². The zero-order chi connectivity index (χ0) is 14.6. The number of nitrogens with zero attached hydrogens (tertiary/aromatic N) is 2. The molecule has 4 heteroatoms. The maximum atomic E-state index is 5.45. The van der Waals surface area contributed by atoms with Crippen molar-refractivity contribution in [2.24, 2.45) is 0 Å². The van der Waals surface area contributed by atoms with Gasteiger partial charge in [-0.1, -0.05) is 0 Å². The Morgan fingerprint density at radius 2 is 2.05 bits per heavy atom. The van der Waals surface area contributed by atoms with Crippen molar-refractivity contribution in [3.8, 4) is 0 Å². The summed E-state index contributed by atoms with van der Waals surface area (Å²) < 4.78 is 5.45. The number of ether oxygens (including phenoxy) is 1. The molecule has 0 amide bonds. The number of nitrogens with one attached hydrogen (secondary N) is 1. The molecule has 0 bridgehead atoms. The SMILES string of the molecule is COC1CCN(c2ccncc2CNC(C)(C)C)CC1. The van der Waals surface area contributed by atoms with E-state index in [1.165, 1.54) is 11.3 Å². The minimum absolute atomic E-state index is 0.121. The van der Waals surface area contributed by atoms with Crippen molar-refractivity contribution in [1.29, 1.82) is 0 Å². The van der Waals surface area contributed by atoms with Crippen LogP contribution in [-0.4, -0.2) is 36.8 Å². The van der Waals surface area contributed by atoms with Crippen LogP contribution in [0.4, 0.5) is 5.69 Å². The molecule has 0 aliphatic carbocycles. The first-order valence-corrected chi connectivity index (χ1v) is 7.45. The molecular weight excluding hydrogens is 250 g/mol. The molecule has 20 heavy (non-hydrogen) atoms. The van der Waals surface area contributed by atoms with Crippen LogP contribution in [0, 0.1) is 0 Å². The van der Waals surface area contributed by atoms with Crippen LogP contribution in [0.3, 0.4) is 0 Å². The molecule has 0 radical (unpaired) electrons. The molecule has 1 N–H and O–H groups in total. The summed E-state index contributed by atoms with van der Waals surface area (Å²) in [7, 11) is 1.81. The molecule has 0 aromatic carbocycles. The molecule has 2 heterocycles. The zero-order valence-electron chi connectivity index (χ0n) is 13.1. The van der Waals surface area contributed by atoms with Crippen molar-refractivity contribution < 1.29 is 4.74 Å². The quantitative estimate of drug-likeness (QED) is 0.918. The fraction of sp³-hybridized carbons (Fsp3) is 0.688. The van der Waals surface area contributed by atoms with Gasteiger partial charge in [0.25, 0.3) is 0 Å². The maximum Gasteiger partial charge on any atom is 0.0605 e.